The summed E-state index contributed by atoms with van der Waals surface area (Å²) in [6, 6.07) is 16.0. The zero-order chi connectivity index (χ0) is 31.9. The fourth-order valence-electron chi connectivity index (χ4n) is 6.95. The molecule has 3 atom stereocenters. The first kappa shape index (κ1) is 32.6. The van der Waals surface area contributed by atoms with Crippen molar-refractivity contribution < 1.29 is 28.2 Å². The largest absolute Gasteiger partial charge is 0.461 e. The van der Waals surface area contributed by atoms with Crippen LogP contribution in [0, 0.1) is 11.8 Å². The quantitative estimate of drug-likeness (QED) is 0.213. The van der Waals surface area contributed by atoms with Crippen LogP contribution in [0.4, 0.5) is 10.1 Å². The number of anilines is 1. The molecule has 1 aliphatic carbocycles. The summed E-state index contributed by atoms with van der Waals surface area (Å²) in [7, 11) is 1.81. The molecule has 1 saturated heterocycles. The summed E-state index contributed by atoms with van der Waals surface area (Å²) in [6.07, 6.45) is 4.05. The number of benzene rings is 2. The Balaban J connectivity index is 1.32. The molecule has 0 spiro atoms. The Bertz CT molecular complexity index is 1470. The number of hydrogen-bond donors (Lipinski definition) is 2. The highest BCUT2D eigenvalue weighted by molar-refractivity contribution is 6.01. The van der Waals surface area contributed by atoms with Crippen LogP contribution in [0.5, 0.6) is 0 Å². The number of carbonyl (C=O) groups is 3. The van der Waals surface area contributed by atoms with Gasteiger partial charge in [0.25, 0.3) is 0 Å². The van der Waals surface area contributed by atoms with E-state index in [1.807, 2.05) is 62.5 Å². The number of nitrogens with two attached hydrogens (primary N) is 1. The van der Waals surface area contributed by atoms with E-state index in [0.717, 1.165) is 16.5 Å². The van der Waals surface area contributed by atoms with Gasteiger partial charge in [0.2, 0.25) is 11.8 Å². The van der Waals surface area contributed by atoms with Gasteiger partial charge in [-0.1, -0.05) is 30.3 Å². The molecule has 9 nitrogen and oxygen atoms in total. The number of aromatic nitrogens is 1. The summed E-state index contributed by atoms with van der Waals surface area (Å²) in [5.41, 5.74) is 8.81. The summed E-state index contributed by atoms with van der Waals surface area (Å²) in [4.78, 5) is 42.4. The second kappa shape index (κ2) is 15.0. The van der Waals surface area contributed by atoms with Crippen LogP contribution in [-0.2, 0) is 26.1 Å². The molecule has 2 heterocycles. The van der Waals surface area contributed by atoms with Crippen molar-refractivity contribution in [3.8, 4) is 0 Å². The van der Waals surface area contributed by atoms with Crippen molar-refractivity contribution in [3.05, 3.63) is 65.9 Å². The van der Waals surface area contributed by atoms with Crippen LogP contribution in [0.2, 0.25) is 0 Å². The van der Waals surface area contributed by atoms with E-state index in [4.69, 9.17) is 15.2 Å². The molecule has 10 heteroatoms. The van der Waals surface area contributed by atoms with Crippen molar-refractivity contribution in [2.75, 3.05) is 38.4 Å². The number of nitrogens with one attached hydrogen (secondary N) is 1. The third-order valence-corrected chi connectivity index (χ3v) is 9.47. The maximum atomic E-state index is 14.0. The van der Waals surface area contributed by atoms with E-state index in [0.29, 0.717) is 69.7 Å². The highest BCUT2D eigenvalue weighted by Gasteiger charge is 2.44. The Hall–Kier alpha value is -3.76. The maximum absolute atomic E-state index is 14.0. The molecule has 242 valence electrons. The van der Waals surface area contributed by atoms with Gasteiger partial charge in [0, 0.05) is 67.7 Å². The predicted octanol–water partition coefficient (Wildman–Crippen LogP) is 5.19. The number of rotatable bonds is 12. The minimum atomic E-state index is -0.667. The SMILES string of the molecule is CCOCCCOC(=O)c1cc2cc(NC(=O)[C@@H]3[C@H](c4ccccc4)CCN3C(=O)C3CCC([C@H](N)CF)CC3)ccc2n1C. The first-order chi connectivity index (χ1) is 21.8. The van der Waals surface area contributed by atoms with E-state index in [2.05, 4.69) is 5.32 Å². The highest BCUT2D eigenvalue weighted by atomic mass is 19.1. The fraction of sp³-hybridized carbons (Fsp3) is 0.514. The molecule has 5 rings (SSSR count). The molecular weight excluding hydrogens is 575 g/mol. The van der Waals surface area contributed by atoms with Crippen LogP contribution < -0.4 is 11.1 Å². The van der Waals surface area contributed by atoms with Gasteiger partial charge in [0.1, 0.15) is 18.4 Å². The minimum absolute atomic E-state index is 0.0104. The van der Waals surface area contributed by atoms with Gasteiger partial charge >= 0.3 is 5.97 Å². The average molecular weight is 621 g/mol. The van der Waals surface area contributed by atoms with Crippen molar-refractivity contribution in [1.29, 1.82) is 0 Å². The molecule has 3 N–H and O–H groups in total. The smallest absolute Gasteiger partial charge is 0.354 e. The van der Waals surface area contributed by atoms with E-state index in [-0.39, 0.29) is 36.2 Å². The number of aryl methyl sites for hydroxylation is 1. The van der Waals surface area contributed by atoms with E-state index in [1.54, 1.807) is 15.5 Å². The van der Waals surface area contributed by atoms with Crippen molar-refractivity contribution in [2.24, 2.45) is 24.6 Å². The van der Waals surface area contributed by atoms with E-state index in [1.165, 1.54) is 0 Å². The van der Waals surface area contributed by atoms with Gasteiger partial charge in [-0.25, -0.2) is 9.18 Å². The average Bonchev–Trinajstić information content (AvgIpc) is 3.66. The summed E-state index contributed by atoms with van der Waals surface area (Å²) in [5.74, 6) is -0.922. The van der Waals surface area contributed by atoms with Crippen LogP contribution in [0.25, 0.3) is 10.9 Å². The van der Waals surface area contributed by atoms with E-state index >= 15 is 0 Å². The number of esters is 1. The topological polar surface area (TPSA) is 116 Å². The monoisotopic (exact) mass is 620 g/mol. The summed E-state index contributed by atoms with van der Waals surface area (Å²) >= 11 is 0. The van der Waals surface area contributed by atoms with E-state index in [9.17, 15) is 18.8 Å². The van der Waals surface area contributed by atoms with Crippen LogP contribution in [0.15, 0.2) is 54.6 Å². The number of nitrogens with zero attached hydrogens (tertiary/aromatic N) is 2. The summed E-state index contributed by atoms with van der Waals surface area (Å²) in [5, 5.41) is 3.87. The number of ether oxygens (including phenoxy) is 2. The Morgan fingerprint density at radius 3 is 2.49 bits per heavy atom. The first-order valence-electron chi connectivity index (χ1n) is 16.1. The van der Waals surface area contributed by atoms with Gasteiger partial charge in [0.05, 0.1) is 6.61 Å². The number of fused-ring (bicyclic) bond motifs is 1. The Kier molecular flexibility index (Phi) is 10.9. The number of alkyl halides is 1. The maximum Gasteiger partial charge on any atom is 0.354 e. The molecule has 3 aromatic rings. The lowest BCUT2D eigenvalue weighted by atomic mass is 9.78. The lowest BCUT2D eigenvalue weighted by Crippen LogP contribution is -2.48. The second-order valence-electron chi connectivity index (χ2n) is 12.3. The molecule has 2 amide bonds. The van der Waals surface area contributed by atoms with Crippen LogP contribution >= 0.6 is 0 Å². The lowest BCUT2D eigenvalue weighted by Gasteiger charge is -2.35. The summed E-state index contributed by atoms with van der Waals surface area (Å²) in [6.45, 7) is 3.29. The Morgan fingerprint density at radius 2 is 1.78 bits per heavy atom. The zero-order valence-corrected chi connectivity index (χ0v) is 26.3. The van der Waals surface area contributed by atoms with Crippen molar-refractivity contribution in [2.45, 2.75) is 63.5 Å². The van der Waals surface area contributed by atoms with Gasteiger partial charge in [-0.05, 0) is 74.8 Å². The first-order valence-corrected chi connectivity index (χ1v) is 16.1. The third kappa shape index (κ3) is 7.39. The van der Waals surface area contributed by atoms with Gasteiger partial charge < -0.3 is 30.0 Å². The predicted molar refractivity (Wildman–Crippen MR) is 172 cm³/mol. The van der Waals surface area contributed by atoms with Crippen LogP contribution in [-0.4, -0.2) is 72.4 Å². The van der Waals surface area contributed by atoms with Gasteiger partial charge in [-0.3, -0.25) is 9.59 Å². The number of likely N-dealkylation sites (tertiary alicyclic amines) is 1. The molecule has 1 aromatic heterocycles. The van der Waals surface area contributed by atoms with Crippen LogP contribution in [0.3, 0.4) is 0 Å². The number of halogens is 1. The van der Waals surface area contributed by atoms with Crippen molar-refractivity contribution in [1.82, 2.24) is 9.47 Å². The lowest BCUT2D eigenvalue weighted by molar-refractivity contribution is -0.141. The van der Waals surface area contributed by atoms with Gasteiger partial charge in [-0.2, -0.15) is 0 Å². The molecule has 2 fully saturated rings. The van der Waals surface area contributed by atoms with Crippen molar-refractivity contribution >= 4 is 34.4 Å². The third-order valence-electron chi connectivity index (χ3n) is 9.47. The normalized spacial score (nSPS) is 22.4. The van der Waals surface area contributed by atoms with Gasteiger partial charge in [0.15, 0.2) is 0 Å². The van der Waals surface area contributed by atoms with E-state index < -0.39 is 24.7 Å². The molecule has 0 bridgehead atoms. The van der Waals surface area contributed by atoms with Gasteiger partial charge in [-0.15, -0.1) is 0 Å². The van der Waals surface area contributed by atoms with Crippen LogP contribution in [0.1, 0.15) is 67.4 Å². The zero-order valence-electron chi connectivity index (χ0n) is 26.3. The molecule has 45 heavy (non-hydrogen) atoms. The molecule has 2 aromatic carbocycles. The highest BCUT2D eigenvalue weighted by Crippen LogP contribution is 2.38. The fourth-order valence-corrected chi connectivity index (χ4v) is 6.95. The summed E-state index contributed by atoms with van der Waals surface area (Å²) < 4.78 is 25.7. The minimum Gasteiger partial charge on any atom is -0.461 e. The van der Waals surface area contributed by atoms with Crippen molar-refractivity contribution in [3.63, 3.8) is 0 Å². The molecule has 0 radical (unpaired) electrons. The number of hydrogen-bond acceptors (Lipinski definition) is 6. The standard InChI is InChI=1S/C35H45FN4O5/c1-3-44-18-7-19-45-35(43)31-21-26-20-27(14-15-30(26)39(31)2)38-33(41)32-28(23-8-5-4-6-9-23)16-17-40(32)34(42)25-12-10-24(11-13-25)29(37)22-36/h4-6,8-9,14-15,20-21,24-25,28-29,32H,3,7,10-13,16-19,22,37H2,1-2H3,(H,38,41)/t24?,25?,28-,29+,32-/m0/s1. The number of carbonyl (C=O) groups excluding carboxylic acids is 3. The Labute approximate surface area is 264 Å². The molecule has 1 saturated carbocycles. The molecular formula is C35H45FN4O5. The Morgan fingerprint density at radius 1 is 1.02 bits per heavy atom. The molecule has 2 aliphatic rings. The molecule has 0 unspecified atom stereocenters. The molecule has 1 aliphatic heterocycles. The number of amides is 2. The second-order valence-corrected chi connectivity index (χ2v) is 12.3.